The van der Waals surface area contributed by atoms with Crippen molar-refractivity contribution in [2.75, 3.05) is 33.2 Å². The lowest BCUT2D eigenvalue weighted by molar-refractivity contribution is -0.137. The summed E-state index contributed by atoms with van der Waals surface area (Å²) in [6.45, 7) is 7.73. The number of alkyl halides is 3. The summed E-state index contributed by atoms with van der Waals surface area (Å²) in [6, 6.07) is 5.72. The maximum absolute atomic E-state index is 12.9. The molecule has 29 heavy (non-hydrogen) atoms. The number of hydrogen-bond donors (Lipinski definition) is 0. The van der Waals surface area contributed by atoms with Gasteiger partial charge >= 0.3 is 6.18 Å². The maximum Gasteiger partial charge on any atom is 0.416 e. The summed E-state index contributed by atoms with van der Waals surface area (Å²) < 4.78 is 40.6. The molecule has 1 saturated heterocycles. The third-order valence-electron chi connectivity index (χ3n) is 5.61. The predicted molar refractivity (Wildman–Crippen MR) is 109 cm³/mol. The molecule has 0 amide bonds. The topological polar surface area (TPSA) is 24.3 Å². The van der Waals surface area contributed by atoms with E-state index in [4.69, 9.17) is 0 Å². The number of hydrogen-bond acceptors (Lipinski definition) is 3. The van der Waals surface area contributed by atoms with Crippen LogP contribution in [-0.4, -0.2) is 52.8 Å². The van der Waals surface area contributed by atoms with E-state index in [9.17, 15) is 13.2 Å². The number of rotatable bonds is 8. The average Bonchev–Trinajstić information content (AvgIpc) is 3.13. The van der Waals surface area contributed by atoms with Gasteiger partial charge in [0.1, 0.15) is 0 Å². The summed E-state index contributed by atoms with van der Waals surface area (Å²) in [5.41, 5.74) is 1.43. The van der Waals surface area contributed by atoms with E-state index in [1.807, 2.05) is 10.9 Å². The summed E-state index contributed by atoms with van der Waals surface area (Å²) in [5, 5.41) is 4.33. The zero-order chi connectivity index (χ0) is 20.9. The van der Waals surface area contributed by atoms with E-state index in [1.165, 1.54) is 24.1 Å². The van der Waals surface area contributed by atoms with Crippen molar-refractivity contribution < 1.29 is 13.2 Å². The number of benzene rings is 1. The van der Waals surface area contributed by atoms with Gasteiger partial charge in [0.15, 0.2) is 0 Å². The molecule has 1 atom stereocenters. The first-order valence-electron chi connectivity index (χ1n) is 10.4. The monoisotopic (exact) mass is 408 g/mol. The molecule has 2 aromatic rings. The summed E-state index contributed by atoms with van der Waals surface area (Å²) in [7, 11) is 2.14. The number of piperidine rings is 1. The van der Waals surface area contributed by atoms with Crippen LogP contribution in [0.15, 0.2) is 36.7 Å². The predicted octanol–water partition coefficient (Wildman–Crippen LogP) is 4.31. The lowest BCUT2D eigenvalue weighted by Gasteiger charge is -2.34. The molecule has 1 aliphatic heterocycles. The largest absolute Gasteiger partial charge is 0.416 e. The highest BCUT2D eigenvalue weighted by atomic mass is 19.4. The Labute approximate surface area is 171 Å². The fraction of sp³-hybridized carbons (Fsp3) is 0.591. The van der Waals surface area contributed by atoms with Crippen LogP contribution in [0.25, 0.3) is 0 Å². The van der Waals surface area contributed by atoms with Crippen molar-refractivity contribution >= 4 is 0 Å². The van der Waals surface area contributed by atoms with Crippen molar-refractivity contribution in [3.63, 3.8) is 0 Å². The van der Waals surface area contributed by atoms with Crippen LogP contribution in [0, 0.1) is 5.92 Å². The average molecular weight is 409 g/mol. The van der Waals surface area contributed by atoms with Gasteiger partial charge in [0.2, 0.25) is 0 Å². The van der Waals surface area contributed by atoms with Crippen LogP contribution < -0.4 is 0 Å². The van der Waals surface area contributed by atoms with Crippen LogP contribution >= 0.6 is 0 Å². The first kappa shape index (κ1) is 21.8. The normalized spacial score (nSPS) is 18.5. The van der Waals surface area contributed by atoms with Gasteiger partial charge in [0.05, 0.1) is 11.8 Å². The SMILES string of the molecule is CCn1cc(CN(C)C[C@H]2CCCN(CCc3cccc(C(F)(F)F)c3)C2)cn1. The minimum Gasteiger partial charge on any atom is -0.303 e. The Balaban J connectivity index is 1.46. The molecule has 0 spiro atoms. The molecule has 2 heterocycles. The molecule has 0 aliphatic carbocycles. The van der Waals surface area contributed by atoms with Crippen LogP contribution in [0.1, 0.15) is 36.5 Å². The second kappa shape index (κ2) is 9.76. The van der Waals surface area contributed by atoms with Gasteiger partial charge < -0.3 is 9.80 Å². The van der Waals surface area contributed by atoms with Gasteiger partial charge in [-0.05, 0) is 57.3 Å². The second-order valence-electron chi connectivity index (χ2n) is 8.16. The number of aromatic nitrogens is 2. The van der Waals surface area contributed by atoms with E-state index >= 15 is 0 Å². The van der Waals surface area contributed by atoms with Gasteiger partial charge in [-0.3, -0.25) is 4.68 Å². The van der Waals surface area contributed by atoms with Gasteiger partial charge in [-0.25, -0.2) is 0 Å². The van der Waals surface area contributed by atoms with Crippen molar-refractivity contribution in [2.24, 2.45) is 5.92 Å². The molecule has 0 saturated carbocycles. The lowest BCUT2D eigenvalue weighted by atomic mass is 9.97. The molecular weight excluding hydrogens is 377 g/mol. The molecule has 4 nitrogen and oxygen atoms in total. The fourth-order valence-corrected chi connectivity index (χ4v) is 4.17. The highest BCUT2D eigenvalue weighted by molar-refractivity contribution is 5.25. The molecule has 1 aromatic heterocycles. The summed E-state index contributed by atoms with van der Waals surface area (Å²) in [5.74, 6) is 0.594. The number of halogens is 3. The summed E-state index contributed by atoms with van der Waals surface area (Å²) >= 11 is 0. The summed E-state index contributed by atoms with van der Waals surface area (Å²) in [6.07, 6.45) is 2.77. The highest BCUT2D eigenvalue weighted by Crippen LogP contribution is 2.29. The molecular formula is C22H31F3N4. The highest BCUT2D eigenvalue weighted by Gasteiger charge is 2.30. The van der Waals surface area contributed by atoms with Crippen LogP contribution in [0.3, 0.4) is 0 Å². The van der Waals surface area contributed by atoms with Crippen LogP contribution in [-0.2, 0) is 25.7 Å². The molecule has 3 rings (SSSR count). The van der Waals surface area contributed by atoms with Gasteiger partial charge in [-0.1, -0.05) is 18.2 Å². The van der Waals surface area contributed by atoms with E-state index < -0.39 is 11.7 Å². The minimum atomic E-state index is -4.27. The molecule has 0 bridgehead atoms. The van der Waals surface area contributed by atoms with Crippen molar-refractivity contribution in [2.45, 2.75) is 45.5 Å². The quantitative estimate of drug-likeness (QED) is 0.651. The van der Waals surface area contributed by atoms with E-state index in [1.54, 1.807) is 6.07 Å². The molecule has 0 radical (unpaired) electrons. The maximum atomic E-state index is 12.9. The third kappa shape index (κ3) is 6.57. The fourth-order valence-electron chi connectivity index (χ4n) is 4.17. The van der Waals surface area contributed by atoms with Crippen molar-refractivity contribution in [1.82, 2.24) is 19.6 Å². The molecule has 0 unspecified atom stereocenters. The van der Waals surface area contributed by atoms with E-state index in [0.29, 0.717) is 12.3 Å². The molecule has 0 N–H and O–H groups in total. The van der Waals surface area contributed by atoms with Crippen molar-refractivity contribution in [1.29, 1.82) is 0 Å². The van der Waals surface area contributed by atoms with E-state index in [2.05, 4.69) is 35.1 Å². The molecule has 1 fully saturated rings. The van der Waals surface area contributed by atoms with Gasteiger partial charge in [-0.2, -0.15) is 18.3 Å². The molecule has 7 heteroatoms. The van der Waals surface area contributed by atoms with Crippen LogP contribution in [0.5, 0.6) is 0 Å². The number of likely N-dealkylation sites (tertiary alicyclic amines) is 1. The first-order chi connectivity index (χ1) is 13.8. The Morgan fingerprint density at radius 3 is 2.79 bits per heavy atom. The van der Waals surface area contributed by atoms with Crippen LogP contribution in [0.4, 0.5) is 13.2 Å². The molecule has 160 valence electrons. The van der Waals surface area contributed by atoms with Crippen LogP contribution in [0.2, 0.25) is 0 Å². The molecule has 1 aromatic carbocycles. The smallest absolute Gasteiger partial charge is 0.303 e. The van der Waals surface area contributed by atoms with Gasteiger partial charge in [0, 0.05) is 44.5 Å². The Kier molecular flexibility index (Phi) is 7.35. The zero-order valence-electron chi connectivity index (χ0n) is 17.3. The first-order valence-corrected chi connectivity index (χ1v) is 10.4. The van der Waals surface area contributed by atoms with Gasteiger partial charge in [-0.15, -0.1) is 0 Å². The third-order valence-corrected chi connectivity index (χ3v) is 5.61. The van der Waals surface area contributed by atoms with Crippen molar-refractivity contribution in [3.8, 4) is 0 Å². The Bertz CT molecular complexity index is 771. The Morgan fingerprint density at radius 1 is 1.24 bits per heavy atom. The van der Waals surface area contributed by atoms with Gasteiger partial charge in [0.25, 0.3) is 0 Å². The Morgan fingerprint density at radius 2 is 2.07 bits per heavy atom. The Hall–Kier alpha value is -1.86. The standard InChI is InChI=1S/C22H31F3N4/c1-3-29-17-20(13-26-29)15-27(2)14-19-7-5-10-28(16-19)11-9-18-6-4-8-21(12-18)22(23,24)25/h4,6,8,12-13,17,19H,3,5,7,9-11,14-16H2,1-2H3/t19-/m1/s1. The van der Waals surface area contributed by atoms with E-state index in [0.717, 1.165) is 57.3 Å². The second-order valence-corrected chi connectivity index (χ2v) is 8.16. The number of aryl methyl sites for hydroxylation is 1. The number of nitrogens with zero attached hydrogens (tertiary/aromatic N) is 4. The zero-order valence-corrected chi connectivity index (χ0v) is 17.3. The minimum absolute atomic E-state index is 0.556. The van der Waals surface area contributed by atoms with E-state index in [-0.39, 0.29) is 0 Å². The lowest BCUT2D eigenvalue weighted by Crippen LogP contribution is -2.40. The summed E-state index contributed by atoms with van der Waals surface area (Å²) in [4.78, 5) is 4.75. The molecule has 1 aliphatic rings. The van der Waals surface area contributed by atoms with Crippen molar-refractivity contribution in [3.05, 3.63) is 53.3 Å².